The minimum atomic E-state index is -0.201. The third kappa shape index (κ3) is 3.26. The van der Waals surface area contributed by atoms with Crippen molar-refractivity contribution < 1.29 is 0 Å². The largest absolute Gasteiger partial charge is 0.297 e. The Bertz CT molecular complexity index is 289. The molecule has 0 amide bonds. The summed E-state index contributed by atoms with van der Waals surface area (Å²) < 4.78 is 0. The number of rotatable bonds is 3. The Hall–Kier alpha value is -0.550. The van der Waals surface area contributed by atoms with Crippen molar-refractivity contribution in [1.29, 1.82) is 5.26 Å². The highest BCUT2D eigenvalue weighted by Crippen LogP contribution is 2.36. The van der Waals surface area contributed by atoms with E-state index in [0.29, 0.717) is 6.04 Å². The summed E-state index contributed by atoms with van der Waals surface area (Å²) in [5.41, 5.74) is -0.201. The van der Waals surface area contributed by atoms with Crippen LogP contribution in [-0.2, 0) is 0 Å². The van der Waals surface area contributed by atoms with E-state index in [1.807, 2.05) is 0 Å². The number of nitriles is 1. The number of hydrogen-bond donors (Lipinski definition) is 1. The van der Waals surface area contributed by atoms with Gasteiger partial charge in [0.15, 0.2) is 0 Å². The van der Waals surface area contributed by atoms with E-state index in [1.165, 1.54) is 44.9 Å². The lowest BCUT2D eigenvalue weighted by Gasteiger charge is -2.40. The highest BCUT2D eigenvalue weighted by molar-refractivity contribution is 5.10. The molecule has 0 bridgehead atoms. The van der Waals surface area contributed by atoms with Crippen LogP contribution in [0.3, 0.4) is 0 Å². The van der Waals surface area contributed by atoms with Crippen LogP contribution in [0.4, 0.5) is 0 Å². The zero-order valence-electron chi connectivity index (χ0n) is 12.0. The highest BCUT2D eigenvalue weighted by Gasteiger charge is 2.37. The van der Waals surface area contributed by atoms with Gasteiger partial charge in [0, 0.05) is 6.04 Å². The highest BCUT2D eigenvalue weighted by atomic mass is 15.0. The topological polar surface area (TPSA) is 35.8 Å². The quantitative estimate of drug-likeness (QED) is 0.819. The van der Waals surface area contributed by atoms with E-state index < -0.39 is 0 Å². The second kappa shape index (κ2) is 6.06. The van der Waals surface area contributed by atoms with Gasteiger partial charge >= 0.3 is 0 Å². The Labute approximate surface area is 112 Å². The molecule has 1 N–H and O–H groups in total. The lowest BCUT2D eigenvalue weighted by atomic mass is 9.73. The van der Waals surface area contributed by atoms with Crippen molar-refractivity contribution in [3.05, 3.63) is 0 Å². The molecule has 2 rings (SSSR count). The fourth-order valence-electron chi connectivity index (χ4n) is 3.73. The van der Waals surface area contributed by atoms with Crippen LogP contribution in [0.5, 0.6) is 0 Å². The number of hydrogen-bond acceptors (Lipinski definition) is 2. The maximum Gasteiger partial charge on any atom is 0.107 e. The van der Waals surface area contributed by atoms with Crippen LogP contribution in [0.15, 0.2) is 0 Å². The molecule has 0 atom stereocenters. The molecule has 0 aromatic carbocycles. The molecule has 2 heteroatoms. The zero-order chi connectivity index (χ0) is 13.0. The van der Waals surface area contributed by atoms with Crippen molar-refractivity contribution in [2.75, 3.05) is 0 Å². The molecule has 2 aliphatic carbocycles. The van der Waals surface area contributed by atoms with Crippen LogP contribution in [0.1, 0.15) is 71.6 Å². The summed E-state index contributed by atoms with van der Waals surface area (Å²) in [6.45, 7) is 4.64. The Morgan fingerprint density at radius 1 is 1.06 bits per heavy atom. The maximum absolute atomic E-state index is 9.58. The van der Waals surface area contributed by atoms with Gasteiger partial charge in [0.25, 0.3) is 0 Å². The summed E-state index contributed by atoms with van der Waals surface area (Å²) in [7, 11) is 0. The summed E-state index contributed by atoms with van der Waals surface area (Å²) in [6.07, 6.45) is 11.2. The average Bonchev–Trinajstić information content (AvgIpc) is 2.40. The summed E-state index contributed by atoms with van der Waals surface area (Å²) >= 11 is 0. The normalized spacial score (nSPS) is 34.4. The van der Waals surface area contributed by atoms with Crippen molar-refractivity contribution >= 4 is 0 Å². The van der Waals surface area contributed by atoms with Gasteiger partial charge in [-0.05, 0) is 50.4 Å². The molecule has 18 heavy (non-hydrogen) atoms. The van der Waals surface area contributed by atoms with Crippen molar-refractivity contribution in [2.24, 2.45) is 11.8 Å². The van der Waals surface area contributed by atoms with Crippen LogP contribution in [0, 0.1) is 23.2 Å². The van der Waals surface area contributed by atoms with Gasteiger partial charge in [0.2, 0.25) is 0 Å². The second-order valence-electron chi connectivity index (χ2n) is 6.75. The first-order valence-corrected chi connectivity index (χ1v) is 7.84. The van der Waals surface area contributed by atoms with Gasteiger partial charge in [-0.3, -0.25) is 5.32 Å². The molecule has 2 aliphatic rings. The van der Waals surface area contributed by atoms with Crippen LogP contribution in [0.25, 0.3) is 0 Å². The van der Waals surface area contributed by atoms with E-state index >= 15 is 0 Å². The standard InChI is InChI=1S/C16H28N2/c1-13(2)14-8-10-16(12-17,11-9-14)18-15-6-4-3-5-7-15/h13-15,18H,3-11H2,1-2H3. The van der Waals surface area contributed by atoms with Crippen LogP contribution < -0.4 is 5.32 Å². The zero-order valence-corrected chi connectivity index (χ0v) is 12.0. The van der Waals surface area contributed by atoms with Crippen molar-refractivity contribution in [2.45, 2.75) is 83.2 Å². The fraction of sp³-hybridized carbons (Fsp3) is 0.938. The monoisotopic (exact) mass is 248 g/mol. The SMILES string of the molecule is CC(C)C1CCC(C#N)(NC2CCCCC2)CC1. The predicted octanol–water partition coefficient (Wildman–Crippen LogP) is 4.02. The Morgan fingerprint density at radius 2 is 1.67 bits per heavy atom. The molecule has 0 aromatic heterocycles. The summed E-state index contributed by atoms with van der Waals surface area (Å²) in [4.78, 5) is 0. The molecule has 102 valence electrons. The van der Waals surface area contributed by atoms with E-state index in [9.17, 15) is 5.26 Å². The van der Waals surface area contributed by atoms with E-state index in [1.54, 1.807) is 0 Å². The van der Waals surface area contributed by atoms with Gasteiger partial charge < -0.3 is 0 Å². The van der Waals surface area contributed by atoms with Crippen molar-refractivity contribution in [3.8, 4) is 6.07 Å². The fourth-order valence-corrected chi connectivity index (χ4v) is 3.73. The lowest BCUT2D eigenvalue weighted by Crippen LogP contribution is -2.52. The summed E-state index contributed by atoms with van der Waals surface area (Å²) in [6, 6.07) is 3.22. The average molecular weight is 248 g/mol. The number of nitrogens with one attached hydrogen (secondary N) is 1. The molecule has 2 nitrogen and oxygen atoms in total. The molecule has 0 heterocycles. The first-order chi connectivity index (χ1) is 8.65. The van der Waals surface area contributed by atoms with Crippen LogP contribution in [-0.4, -0.2) is 11.6 Å². The maximum atomic E-state index is 9.58. The lowest BCUT2D eigenvalue weighted by molar-refractivity contribution is 0.176. The molecular weight excluding hydrogens is 220 g/mol. The first kappa shape index (κ1) is 13.9. The van der Waals surface area contributed by atoms with E-state index in [2.05, 4.69) is 25.2 Å². The van der Waals surface area contributed by atoms with Gasteiger partial charge in [-0.25, -0.2) is 0 Å². The van der Waals surface area contributed by atoms with Gasteiger partial charge in [0.1, 0.15) is 5.54 Å². The molecule has 0 aliphatic heterocycles. The molecule has 2 fully saturated rings. The van der Waals surface area contributed by atoms with Gasteiger partial charge in [-0.2, -0.15) is 5.26 Å². The minimum absolute atomic E-state index is 0.201. The van der Waals surface area contributed by atoms with Crippen LogP contribution >= 0.6 is 0 Å². The van der Waals surface area contributed by atoms with Gasteiger partial charge in [-0.1, -0.05) is 33.1 Å². The minimum Gasteiger partial charge on any atom is -0.297 e. The molecule has 0 spiro atoms. The molecule has 2 saturated carbocycles. The summed E-state index contributed by atoms with van der Waals surface area (Å²) in [5.74, 6) is 1.61. The van der Waals surface area contributed by atoms with Crippen molar-refractivity contribution in [3.63, 3.8) is 0 Å². The smallest absolute Gasteiger partial charge is 0.107 e. The van der Waals surface area contributed by atoms with Gasteiger partial charge in [-0.15, -0.1) is 0 Å². The third-order valence-electron chi connectivity index (χ3n) is 5.13. The molecule has 0 aromatic rings. The third-order valence-corrected chi connectivity index (χ3v) is 5.13. The predicted molar refractivity (Wildman–Crippen MR) is 75.1 cm³/mol. The van der Waals surface area contributed by atoms with Crippen LogP contribution in [0.2, 0.25) is 0 Å². The molecule has 0 saturated heterocycles. The summed E-state index contributed by atoms with van der Waals surface area (Å²) in [5, 5.41) is 13.3. The Kier molecular flexibility index (Phi) is 4.67. The second-order valence-corrected chi connectivity index (χ2v) is 6.75. The van der Waals surface area contributed by atoms with E-state index in [4.69, 9.17) is 0 Å². The Balaban J connectivity index is 1.90. The first-order valence-electron chi connectivity index (χ1n) is 7.84. The van der Waals surface area contributed by atoms with Crippen molar-refractivity contribution in [1.82, 2.24) is 5.32 Å². The molecular formula is C16H28N2. The van der Waals surface area contributed by atoms with E-state index in [0.717, 1.165) is 24.7 Å². The Morgan fingerprint density at radius 3 is 2.17 bits per heavy atom. The number of nitrogens with zero attached hydrogens (tertiary/aromatic N) is 1. The molecule has 0 unspecified atom stereocenters. The molecule has 0 radical (unpaired) electrons. The van der Waals surface area contributed by atoms with Gasteiger partial charge in [0.05, 0.1) is 6.07 Å². The van der Waals surface area contributed by atoms with E-state index in [-0.39, 0.29) is 5.54 Å².